The summed E-state index contributed by atoms with van der Waals surface area (Å²) in [6, 6.07) is 1.39. The zero-order valence-corrected chi connectivity index (χ0v) is 12.5. The highest BCUT2D eigenvalue weighted by Gasteiger charge is 2.20. The van der Waals surface area contributed by atoms with Crippen molar-refractivity contribution in [3.63, 3.8) is 0 Å². The van der Waals surface area contributed by atoms with Crippen molar-refractivity contribution >= 4 is 11.5 Å². The van der Waals surface area contributed by atoms with E-state index in [-0.39, 0.29) is 23.6 Å². The van der Waals surface area contributed by atoms with Crippen LogP contribution >= 0.6 is 0 Å². The SMILES string of the molecule is CCC(=O)c1c(N=O)cc(C(C)CC/C=C/NC)oc1=O. The maximum absolute atomic E-state index is 11.9. The first-order valence-corrected chi connectivity index (χ1v) is 6.92. The molecule has 6 heteroatoms. The minimum atomic E-state index is -0.786. The van der Waals surface area contributed by atoms with Crippen molar-refractivity contribution in [1.29, 1.82) is 0 Å². The van der Waals surface area contributed by atoms with E-state index in [4.69, 9.17) is 4.42 Å². The lowest BCUT2D eigenvalue weighted by Crippen LogP contribution is -2.15. The van der Waals surface area contributed by atoms with Crippen LogP contribution in [0, 0.1) is 4.91 Å². The van der Waals surface area contributed by atoms with Crippen LogP contribution < -0.4 is 10.9 Å². The number of rotatable bonds is 8. The number of ketones is 1. The van der Waals surface area contributed by atoms with E-state index in [1.807, 2.05) is 26.2 Å². The molecule has 0 aromatic carbocycles. The van der Waals surface area contributed by atoms with Gasteiger partial charge in [0.2, 0.25) is 0 Å². The molecular weight excluding hydrogens is 272 g/mol. The molecule has 0 radical (unpaired) electrons. The molecule has 0 saturated heterocycles. The summed E-state index contributed by atoms with van der Waals surface area (Å²) in [5.41, 5.74) is -1.17. The van der Waals surface area contributed by atoms with E-state index in [1.54, 1.807) is 6.92 Å². The maximum atomic E-state index is 11.9. The lowest BCUT2D eigenvalue weighted by molar-refractivity contribution is 0.0984. The van der Waals surface area contributed by atoms with Crippen molar-refractivity contribution in [3.05, 3.63) is 45.0 Å². The highest BCUT2D eigenvalue weighted by molar-refractivity contribution is 5.99. The largest absolute Gasteiger partial charge is 0.427 e. The third-order valence-corrected chi connectivity index (χ3v) is 3.18. The molecule has 1 rings (SSSR count). The molecule has 1 atom stereocenters. The average Bonchev–Trinajstić information content (AvgIpc) is 2.49. The van der Waals surface area contributed by atoms with E-state index < -0.39 is 11.4 Å². The van der Waals surface area contributed by atoms with E-state index in [1.165, 1.54) is 6.07 Å². The lowest BCUT2D eigenvalue weighted by Gasteiger charge is -2.10. The molecule has 0 spiro atoms. The van der Waals surface area contributed by atoms with Crippen LogP contribution in [0.1, 0.15) is 55.1 Å². The van der Waals surface area contributed by atoms with Gasteiger partial charge in [0.25, 0.3) is 0 Å². The van der Waals surface area contributed by atoms with Crippen LogP contribution in [0.15, 0.2) is 32.7 Å². The number of allylic oxidation sites excluding steroid dienone is 1. The van der Waals surface area contributed by atoms with Crippen LogP contribution in [-0.4, -0.2) is 12.8 Å². The van der Waals surface area contributed by atoms with Gasteiger partial charge in [0.15, 0.2) is 5.78 Å². The van der Waals surface area contributed by atoms with E-state index in [2.05, 4.69) is 10.5 Å². The first-order chi connectivity index (χ1) is 10.0. The Morgan fingerprint density at radius 1 is 1.52 bits per heavy atom. The molecule has 1 aromatic heterocycles. The van der Waals surface area contributed by atoms with E-state index in [0.717, 1.165) is 12.8 Å². The molecule has 1 aromatic rings. The Morgan fingerprint density at radius 3 is 2.81 bits per heavy atom. The van der Waals surface area contributed by atoms with Gasteiger partial charge in [-0.3, -0.25) is 4.79 Å². The first-order valence-electron chi connectivity index (χ1n) is 6.92. The Labute approximate surface area is 123 Å². The Hall–Kier alpha value is -2.24. The second-order valence-electron chi connectivity index (χ2n) is 4.73. The summed E-state index contributed by atoms with van der Waals surface area (Å²) in [5, 5.41) is 5.69. The molecule has 114 valence electrons. The van der Waals surface area contributed by atoms with Gasteiger partial charge in [-0.15, -0.1) is 4.91 Å². The molecule has 1 heterocycles. The monoisotopic (exact) mass is 292 g/mol. The van der Waals surface area contributed by atoms with Gasteiger partial charge >= 0.3 is 5.63 Å². The van der Waals surface area contributed by atoms with Crippen molar-refractivity contribution in [3.8, 4) is 0 Å². The summed E-state index contributed by atoms with van der Waals surface area (Å²) in [6.07, 6.45) is 5.45. The topological polar surface area (TPSA) is 88.7 Å². The first kappa shape index (κ1) is 16.8. The summed E-state index contributed by atoms with van der Waals surface area (Å²) in [6.45, 7) is 3.50. The minimum Gasteiger partial charge on any atom is -0.427 e. The molecule has 0 amide bonds. The van der Waals surface area contributed by atoms with Crippen LogP contribution in [0.25, 0.3) is 0 Å². The van der Waals surface area contributed by atoms with Crippen molar-refractivity contribution < 1.29 is 9.21 Å². The van der Waals surface area contributed by atoms with Crippen LogP contribution in [0.3, 0.4) is 0 Å². The van der Waals surface area contributed by atoms with E-state index in [0.29, 0.717) is 5.76 Å². The van der Waals surface area contributed by atoms with Crippen LogP contribution in [-0.2, 0) is 0 Å². The Balaban J connectivity index is 3.03. The third kappa shape index (κ3) is 4.37. The number of nitrogens with one attached hydrogen (secondary N) is 1. The molecule has 0 aliphatic rings. The predicted molar refractivity (Wildman–Crippen MR) is 80.9 cm³/mol. The minimum absolute atomic E-state index is 0.0505. The molecule has 0 aliphatic heterocycles. The number of nitrogens with zero attached hydrogens (tertiary/aromatic N) is 1. The Kier molecular flexibility index (Phi) is 6.52. The molecule has 0 saturated carbocycles. The molecular formula is C15H20N2O4. The summed E-state index contributed by atoms with van der Waals surface area (Å²) in [7, 11) is 1.81. The molecule has 1 N–H and O–H groups in total. The number of nitroso groups, excluding NO2 is 1. The number of hydrogen-bond acceptors (Lipinski definition) is 6. The van der Waals surface area contributed by atoms with Crippen LogP contribution in [0.5, 0.6) is 0 Å². The number of hydrogen-bond donors (Lipinski definition) is 1. The summed E-state index contributed by atoms with van der Waals surface area (Å²) < 4.78 is 5.18. The molecule has 0 aliphatic carbocycles. The standard InChI is InChI=1S/C15H20N2O4/c1-4-12(18)14-11(17-20)9-13(21-15(14)19)10(2)7-5-6-8-16-3/h6,8-10,16H,4-5,7H2,1-3H3/b8-6+. The van der Waals surface area contributed by atoms with Gasteiger partial charge in [0, 0.05) is 25.5 Å². The van der Waals surface area contributed by atoms with Crippen LogP contribution in [0.2, 0.25) is 0 Å². The fourth-order valence-electron chi connectivity index (χ4n) is 1.94. The normalized spacial score (nSPS) is 12.3. The van der Waals surface area contributed by atoms with Crippen molar-refractivity contribution in [2.24, 2.45) is 5.18 Å². The fraction of sp³-hybridized carbons (Fsp3) is 0.467. The van der Waals surface area contributed by atoms with Crippen molar-refractivity contribution in [2.45, 2.75) is 39.0 Å². The maximum Gasteiger partial charge on any atom is 0.349 e. The third-order valence-electron chi connectivity index (χ3n) is 3.18. The van der Waals surface area contributed by atoms with Crippen molar-refractivity contribution in [1.82, 2.24) is 5.32 Å². The summed E-state index contributed by atoms with van der Waals surface area (Å²) in [4.78, 5) is 34.4. The molecule has 1 unspecified atom stereocenters. The van der Waals surface area contributed by atoms with E-state index in [9.17, 15) is 14.5 Å². The van der Waals surface area contributed by atoms with Gasteiger partial charge < -0.3 is 9.73 Å². The molecule has 6 nitrogen and oxygen atoms in total. The Bertz CT molecular complexity index is 590. The molecule has 21 heavy (non-hydrogen) atoms. The fourth-order valence-corrected chi connectivity index (χ4v) is 1.94. The number of Topliss-reactive ketones (excluding diaryl/α,β-unsaturated/α-hetero) is 1. The van der Waals surface area contributed by atoms with Gasteiger partial charge in [-0.05, 0) is 24.2 Å². The van der Waals surface area contributed by atoms with Gasteiger partial charge in [-0.1, -0.05) is 19.9 Å². The molecule has 0 fully saturated rings. The summed E-state index contributed by atoms with van der Waals surface area (Å²) >= 11 is 0. The number of carbonyl (C=O) groups is 1. The highest BCUT2D eigenvalue weighted by Crippen LogP contribution is 2.26. The van der Waals surface area contributed by atoms with Crippen LogP contribution in [0.4, 0.5) is 5.69 Å². The van der Waals surface area contributed by atoms with Gasteiger partial charge in [-0.25, -0.2) is 4.79 Å². The van der Waals surface area contributed by atoms with Crippen molar-refractivity contribution in [2.75, 3.05) is 7.05 Å². The average molecular weight is 292 g/mol. The smallest absolute Gasteiger partial charge is 0.349 e. The Morgan fingerprint density at radius 2 is 2.24 bits per heavy atom. The molecule has 0 bridgehead atoms. The quantitative estimate of drug-likeness (QED) is 0.587. The second-order valence-corrected chi connectivity index (χ2v) is 4.73. The summed E-state index contributed by atoms with van der Waals surface area (Å²) in [5.74, 6) is -0.111. The zero-order chi connectivity index (χ0) is 15.8. The predicted octanol–water partition coefficient (Wildman–Crippen LogP) is 3.25. The van der Waals surface area contributed by atoms with E-state index >= 15 is 0 Å². The lowest BCUT2D eigenvalue weighted by atomic mass is 10.0. The van der Waals surface area contributed by atoms with Gasteiger partial charge in [0.05, 0.1) is 0 Å². The second kappa shape index (κ2) is 8.14. The number of carbonyl (C=O) groups excluding carboxylic acids is 1. The van der Waals surface area contributed by atoms with Gasteiger partial charge in [-0.2, -0.15) is 0 Å². The highest BCUT2D eigenvalue weighted by atomic mass is 16.4. The van der Waals surface area contributed by atoms with Gasteiger partial charge in [0.1, 0.15) is 17.0 Å². The zero-order valence-electron chi connectivity index (χ0n) is 12.5.